The van der Waals surface area contributed by atoms with Crippen LogP contribution in [0.15, 0.2) is 18.3 Å². The van der Waals surface area contributed by atoms with Gasteiger partial charge in [-0.25, -0.2) is 4.98 Å². The molecule has 0 saturated carbocycles. The van der Waals surface area contributed by atoms with Crippen LogP contribution in [0, 0.1) is 11.3 Å². The Morgan fingerprint density at radius 2 is 2.38 bits per heavy atom. The molecule has 1 heterocycles. The van der Waals surface area contributed by atoms with Gasteiger partial charge >= 0.3 is 0 Å². The highest BCUT2D eigenvalue weighted by Crippen LogP contribution is 2.15. The molecule has 1 unspecified atom stereocenters. The van der Waals surface area contributed by atoms with E-state index in [2.05, 4.69) is 29.8 Å². The first kappa shape index (κ1) is 12.5. The molecule has 1 atom stereocenters. The fraction of sp³-hybridized carbons (Fsp3) is 0.500. The maximum absolute atomic E-state index is 8.84. The maximum atomic E-state index is 8.84. The number of nitrogens with zero attached hydrogens (tertiary/aromatic N) is 3. The highest BCUT2D eigenvalue weighted by atomic mass is 16.5. The molecule has 0 aliphatic carbocycles. The smallest absolute Gasteiger partial charge is 0.130 e. The predicted octanol–water partition coefficient (Wildman–Crippen LogP) is 1.81. The Labute approximate surface area is 96.5 Å². The number of hydrogen-bond donors (Lipinski definition) is 0. The van der Waals surface area contributed by atoms with Crippen molar-refractivity contribution in [3.8, 4) is 6.07 Å². The van der Waals surface area contributed by atoms with Crippen molar-refractivity contribution in [2.75, 3.05) is 25.2 Å². The summed E-state index contributed by atoms with van der Waals surface area (Å²) in [5, 5.41) is 8.84. The van der Waals surface area contributed by atoms with Crippen LogP contribution in [0.25, 0.3) is 0 Å². The van der Waals surface area contributed by atoms with Gasteiger partial charge in [0.15, 0.2) is 0 Å². The molecular weight excluding hydrogens is 202 g/mol. The Bertz CT molecular complexity index is 373. The van der Waals surface area contributed by atoms with E-state index in [0.29, 0.717) is 12.2 Å². The monoisotopic (exact) mass is 219 g/mol. The summed E-state index contributed by atoms with van der Waals surface area (Å²) in [7, 11) is 1.68. The van der Waals surface area contributed by atoms with E-state index >= 15 is 0 Å². The van der Waals surface area contributed by atoms with Crippen molar-refractivity contribution in [3.05, 3.63) is 23.9 Å². The molecule has 16 heavy (non-hydrogen) atoms. The van der Waals surface area contributed by atoms with Crippen LogP contribution in [-0.2, 0) is 4.74 Å². The van der Waals surface area contributed by atoms with E-state index in [9.17, 15) is 0 Å². The molecule has 1 aromatic rings. The zero-order valence-electron chi connectivity index (χ0n) is 9.97. The fourth-order valence-electron chi connectivity index (χ4n) is 1.68. The van der Waals surface area contributed by atoms with Gasteiger partial charge in [0.25, 0.3) is 0 Å². The second-order valence-corrected chi connectivity index (χ2v) is 3.60. The summed E-state index contributed by atoms with van der Waals surface area (Å²) in [6, 6.07) is 5.87. The number of aromatic nitrogens is 1. The molecule has 0 radical (unpaired) electrons. The molecule has 4 nitrogen and oxygen atoms in total. The van der Waals surface area contributed by atoms with Crippen LogP contribution in [0.2, 0.25) is 0 Å². The molecule has 0 saturated heterocycles. The first-order valence-corrected chi connectivity index (χ1v) is 5.34. The Morgan fingerprint density at radius 3 is 2.94 bits per heavy atom. The minimum Gasteiger partial charge on any atom is -0.383 e. The van der Waals surface area contributed by atoms with Crippen molar-refractivity contribution in [1.82, 2.24) is 4.98 Å². The van der Waals surface area contributed by atoms with Gasteiger partial charge in [-0.1, -0.05) is 0 Å². The third kappa shape index (κ3) is 2.94. The lowest BCUT2D eigenvalue weighted by Crippen LogP contribution is -2.36. The topological polar surface area (TPSA) is 49.2 Å². The SMILES string of the molecule is CCN(c1cc(C#N)ccn1)C(C)COC. The number of methoxy groups -OCH3 is 1. The second kappa shape index (κ2) is 6.09. The Morgan fingerprint density at radius 1 is 1.62 bits per heavy atom. The molecule has 0 N–H and O–H groups in total. The molecule has 0 spiro atoms. The number of likely N-dealkylation sites (N-methyl/N-ethyl adjacent to an activating group) is 1. The van der Waals surface area contributed by atoms with Gasteiger partial charge in [0.1, 0.15) is 5.82 Å². The van der Waals surface area contributed by atoms with Crippen molar-refractivity contribution in [2.45, 2.75) is 19.9 Å². The zero-order valence-corrected chi connectivity index (χ0v) is 9.97. The number of pyridine rings is 1. The summed E-state index contributed by atoms with van der Waals surface area (Å²) in [5.74, 6) is 0.825. The molecule has 0 amide bonds. The molecule has 0 aromatic carbocycles. The number of hydrogen-bond acceptors (Lipinski definition) is 4. The fourth-order valence-corrected chi connectivity index (χ4v) is 1.68. The Kier molecular flexibility index (Phi) is 4.74. The van der Waals surface area contributed by atoms with Gasteiger partial charge in [-0.2, -0.15) is 5.26 Å². The van der Waals surface area contributed by atoms with Crippen LogP contribution in [0.5, 0.6) is 0 Å². The number of rotatable bonds is 5. The first-order chi connectivity index (χ1) is 7.72. The van der Waals surface area contributed by atoms with Crippen molar-refractivity contribution in [1.29, 1.82) is 5.26 Å². The van der Waals surface area contributed by atoms with Gasteiger partial charge in [0, 0.05) is 19.9 Å². The quantitative estimate of drug-likeness (QED) is 0.758. The Balaban J connectivity index is 2.90. The molecule has 1 rings (SSSR count). The summed E-state index contributed by atoms with van der Waals surface area (Å²) in [5.41, 5.74) is 0.632. The lowest BCUT2D eigenvalue weighted by atomic mass is 10.2. The van der Waals surface area contributed by atoms with E-state index in [1.807, 2.05) is 0 Å². The largest absolute Gasteiger partial charge is 0.383 e. The van der Waals surface area contributed by atoms with E-state index < -0.39 is 0 Å². The van der Waals surface area contributed by atoms with E-state index in [-0.39, 0.29) is 6.04 Å². The van der Waals surface area contributed by atoms with Crippen LogP contribution >= 0.6 is 0 Å². The number of anilines is 1. The average molecular weight is 219 g/mol. The van der Waals surface area contributed by atoms with Crippen molar-refractivity contribution in [3.63, 3.8) is 0 Å². The number of ether oxygens (including phenoxy) is 1. The molecule has 0 aliphatic heterocycles. The zero-order chi connectivity index (χ0) is 12.0. The summed E-state index contributed by atoms with van der Waals surface area (Å²) in [6.07, 6.45) is 1.66. The average Bonchev–Trinajstić information content (AvgIpc) is 2.31. The van der Waals surface area contributed by atoms with E-state index in [1.165, 1.54) is 0 Å². The van der Waals surface area contributed by atoms with E-state index in [0.717, 1.165) is 12.4 Å². The predicted molar refractivity (Wildman–Crippen MR) is 63.3 cm³/mol. The molecule has 0 bridgehead atoms. The van der Waals surface area contributed by atoms with Crippen LogP contribution in [0.3, 0.4) is 0 Å². The molecule has 4 heteroatoms. The molecular formula is C12H17N3O. The van der Waals surface area contributed by atoms with E-state index in [4.69, 9.17) is 10.00 Å². The van der Waals surface area contributed by atoms with Crippen LogP contribution in [0.1, 0.15) is 19.4 Å². The van der Waals surface area contributed by atoms with Crippen molar-refractivity contribution < 1.29 is 4.74 Å². The number of nitriles is 1. The highest BCUT2D eigenvalue weighted by Gasteiger charge is 2.13. The second-order valence-electron chi connectivity index (χ2n) is 3.60. The highest BCUT2D eigenvalue weighted by molar-refractivity contribution is 5.45. The van der Waals surface area contributed by atoms with Gasteiger partial charge in [0.05, 0.1) is 24.3 Å². The van der Waals surface area contributed by atoms with Crippen LogP contribution in [-0.4, -0.2) is 31.3 Å². The molecule has 86 valence electrons. The minimum absolute atomic E-state index is 0.247. The lowest BCUT2D eigenvalue weighted by Gasteiger charge is -2.28. The normalized spacial score (nSPS) is 11.9. The summed E-state index contributed by atoms with van der Waals surface area (Å²) < 4.78 is 5.13. The van der Waals surface area contributed by atoms with Gasteiger partial charge in [-0.15, -0.1) is 0 Å². The molecule has 0 fully saturated rings. The molecule has 1 aromatic heterocycles. The minimum atomic E-state index is 0.247. The van der Waals surface area contributed by atoms with Crippen molar-refractivity contribution in [2.24, 2.45) is 0 Å². The standard InChI is InChI=1S/C12H17N3O/c1-4-15(10(2)9-16-3)12-7-11(8-13)5-6-14-12/h5-7,10H,4,9H2,1-3H3. The van der Waals surface area contributed by atoms with Crippen LogP contribution in [0.4, 0.5) is 5.82 Å². The lowest BCUT2D eigenvalue weighted by molar-refractivity contribution is 0.181. The van der Waals surface area contributed by atoms with E-state index in [1.54, 1.807) is 25.4 Å². The van der Waals surface area contributed by atoms with Gasteiger partial charge in [-0.05, 0) is 26.0 Å². The molecule has 0 aliphatic rings. The van der Waals surface area contributed by atoms with Crippen molar-refractivity contribution >= 4 is 5.82 Å². The third-order valence-corrected chi connectivity index (χ3v) is 2.45. The first-order valence-electron chi connectivity index (χ1n) is 5.34. The van der Waals surface area contributed by atoms with Gasteiger partial charge in [0.2, 0.25) is 0 Å². The Hall–Kier alpha value is -1.60. The summed E-state index contributed by atoms with van der Waals surface area (Å²) in [4.78, 5) is 6.40. The van der Waals surface area contributed by atoms with Gasteiger partial charge in [-0.3, -0.25) is 0 Å². The summed E-state index contributed by atoms with van der Waals surface area (Å²) >= 11 is 0. The summed E-state index contributed by atoms with van der Waals surface area (Å²) in [6.45, 7) is 5.62. The third-order valence-electron chi connectivity index (χ3n) is 2.45. The maximum Gasteiger partial charge on any atom is 0.130 e. The van der Waals surface area contributed by atoms with Gasteiger partial charge < -0.3 is 9.64 Å². The van der Waals surface area contributed by atoms with Crippen LogP contribution < -0.4 is 4.90 Å².